The Morgan fingerprint density at radius 3 is 2.14 bits per heavy atom. The molecule has 0 radical (unpaired) electrons. The third-order valence-corrected chi connectivity index (χ3v) is 5.52. The number of pyridine rings is 1. The van der Waals surface area contributed by atoms with Gasteiger partial charge in [0.2, 0.25) is 0 Å². The number of anilines is 3. The van der Waals surface area contributed by atoms with E-state index in [2.05, 4.69) is 5.32 Å². The first kappa shape index (κ1) is 23.9. The normalized spacial score (nSPS) is 11.6. The Balaban J connectivity index is 2.08. The van der Waals surface area contributed by atoms with Crippen molar-refractivity contribution in [2.24, 2.45) is 7.05 Å². The van der Waals surface area contributed by atoms with Gasteiger partial charge in [-0.15, -0.1) is 0 Å². The standard InChI is InChI=1S/C24H22F3N5O3/c1-29(2)16-11-9-15(10-12-16)28-18-13-19(33)30(3)21-20(18)22(34)31(14-24(25,26)27)23(35)32(21)17-7-5-4-6-8-17/h4-13,28H,14H2,1-3H3. The molecule has 0 fully saturated rings. The van der Waals surface area contributed by atoms with Gasteiger partial charge in [0.05, 0.1) is 11.4 Å². The average molecular weight is 485 g/mol. The molecule has 35 heavy (non-hydrogen) atoms. The van der Waals surface area contributed by atoms with Crippen LogP contribution in [0.4, 0.5) is 30.2 Å². The summed E-state index contributed by atoms with van der Waals surface area (Å²) in [5, 5.41) is 2.74. The number of rotatable bonds is 5. The van der Waals surface area contributed by atoms with Crippen molar-refractivity contribution < 1.29 is 13.2 Å². The Bertz CT molecular complexity index is 1570. The number of hydrogen-bond acceptors (Lipinski definition) is 5. The first-order valence-electron chi connectivity index (χ1n) is 10.5. The van der Waals surface area contributed by atoms with Crippen LogP contribution in [0.2, 0.25) is 0 Å². The van der Waals surface area contributed by atoms with Gasteiger partial charge < -0.3 is 10.2 Å². The van der Waals surface area contributed by atoms with Gasteiger partial charge >= 0.3 is 11.9 Å². The van der Waals surface area contributed by atoms with Crippen LogP contribution in [-0.4, -0.2) is 34.0 Å². The molecule has 4 aromatic rings. The molecule has 0 aliphatic carbocycles. The van der Waals surface area contributed by atoms with Crippen molar-refractivity contribution in [3.63, 3.8) is 0 Å². The maximum absolute atomic E-state index is 13.3. The fourth-order valence-corrected chi connectivity index (χ4v) is 3.82. The molecule has 2 aromatic heterocycles. The van der Waals surface area contributed by atoms with Crippen LogP contribution in [0.25, 0.3) is 16.7 Å². The number of aryl methyl sites for hydroxylation is 1. The minimum Gasteiger partial charge on any atom is -0.378 e. The van der Waals surface area contributed by atoms with Crippen LogP contribution in [-0.2, 0) is 13.6 Å². The van der Waals surface area contributed by atoms with Crippen molar-refractivity contribution >= 4 is 28.1 Å². The lowest BCUT2D eigenvalue weighted by Crippen LogP contribution is -2.44. The second-order valence-corrected chi connectivity index (χ2v) is 8.18. The maximum Gasteiger partial charge on any atom is 0.406 e. The Labute approximate surface area is 197 Å². The van der Waals surface area contributed by atoms with Crippen LogP contribution in [0.1, 0.15) is 0 Å². The number of fused-ring (bicyclic) bond motifs is 1. The van der Waals surface area contributed by atoms with E-state index in [1.807, 2.05) is 19.0 Å². The topological polar surface area (TPSA) is 81.3 Å². The van der Waals surface area contributed by atoms with Crippen molar-refractivity contribution in [3.05, 3.63) is 91.9 Å². The van der Waals surface area contributed by atoms with Crippen LogP contribution in [0.3, 0.4) is 0 Å². The summed E-state index contributed by atoms with van der Waals surface area (Å²) in [6, 6.07) is 16.0. The molecular weight excluding hydrogens is 463 g/mol. The highest BCUT2D eigenvalue weighted by Gasteiger charge is 2.32. The van der Waals surface area contributed by atoms with Crippen LogP contribution in [0, 0.1) is 0 Å². The van der Waals surface area contributed by atoms with E-state index in [9.17, 15) is 27.6 Å². The third-order valence-electron chi connectivity index (χ3n) is 5.52. The van der Waals surface area contributed by atoms with Crippen LogP contribution < -0.4 is 27.0 Å². The Hall–Kier alpha value is -4.28. The van der Waals surface area contributed by atoms with Gasteiger partial charge in [0.15, 0.2) is 0 Å². The molecule has 0 aliphatic heterocycles. The van der Waals surface area contributed by atoms with E-state index < -0.39 is 29.5 Å². The fourth-order valence-electron chi connectivity index (χ4n) is 3.82. The molecule has 8 nitrogen and oxygen atoms in total. The summed E-state index contributed by atoms with van der Waals surface area (Å²) < 4.78 is 42.2. The zero-order valence-corrected chi connectivity index (χ0v) is 19.1. The Kier molecular flexibility index (Phi) is 6.01. The van der Waals surface area contributed by atoms with E-state index in [-0.39, 0.29) is 27.0 Å². The second-order valence-electron chi connectivity index (χ2n) is 8.18. The van der Waals surface area contributed by atoms with Crippen molar-refractivity contribution in [1.82, 2.24) is 13.7 Å². The molecule has 0 unspecified atom stereocenters. The minimum absolute atomic E-state index is 0.00805. The molecule has 0 aliphatic rings. The van der Waals surface area contributed by atoms with Gasteiger partial charge in [-0.05, 0) is 36.4 Å². The largest absolute Gasteiger partial charge is 0.406 e. The molecule has 0 bridgehead atoms. The molecule has 11 heteroatoms. The van der Waals surface area contributed by atoms with E-state index in [0.717, 1.165) is 20.9 Å². The number of aromatic nitrogens is 3. The molecule has 2 heterocycles. The van der Waals surface area contributed by atoms with Crippen LogP contribution in [0.5, 0.6) is 0 Å². The highest BCUT2D eigenvalue weighted by molar-refractivity contribution is 5.91. The van der Waals surface area contributed by atoms with Crippen LogP contribution >= 0.6 is 0 Å². The quantitative estimate of drug-likeness (QED) is 0.470. The first-order chi connectivity index (χ1) is 16.5. The van der Waals surface area contributed by atoms with Crippen molar-refractivity contribution in [3.8, 4) is 5.69 Å². The predicted octanol–water partition coefficient (Wildman–Crippen LogP) is 3.22. The number of alkyl halides is 3. The highest BCUT2D eigenvalue weighted by atomic mass is 19.4. The summed E-state index contributed by atoms with van der Waals surface area (Å²) in [6.45, 7) is -1.77. The predicted molar refractivity (Wildman–Crippen MR) is 129 cm³/mol. The van der Waals surface area contributed by atoms with Gasteiger partial charge in [0, 0.05) is 38.6 Å². The lowest BCUT2D eigenvalue weighted by Gasteiger charge is -2.19. The molecular formula is C24H22F3N5O3. The minimum atomic E-state index is -4.82. The number of nitrogens with one attached hydrogen (secondary N) is 1. The second kappa shape index (κ2) is 8.82. The highest BCUT2D eigenvalue weighted by Crippen LogP contribution is 2.25. The Morgan fingerprint density at radius 2 is 1.57 bits per heavy atom. The summed E-state index contributed by atoms with van der Waals surface area (Å²) in [5.41, 5.74) is -1.43. The number of nitrogens with zero attached hydrogens (tertiary/aromatic N) is 4. The SMILES string of the molecule is CN(C)c1ccc(Nc2cc(=O)n(C)c3c2c(=O)n(CC(F)(F)F)c(=O)n3-c2ccccc2)cc1. The summed E-state index contributed by atoms with van der Waals surface area (Å²) in [7, 11) is 5.08. The fraction of sp³-hybridized carbons (Fsp3) is 0.208. The van der Waals surface area contributed by atoms with E-state index in [1.165, 1.54) is 19.2 Å². The number of hydrogen-bond donors (Lipinski definition) is 1. The lowest BCUT2D eigenvalue weighted by molar-refractivity contribution is -0.141. The molecule has 1 N–H and O–H groups in total. The van der Waals surface area contributed by atoms with Crippen molar-refractivity contribution in [1.29, 1.82) is 0 Å². The van der Waals surface area contributed by atoms with Crippen molar-refractivity contribution in [2.75, 3.05) is 24.3 Å². The zero-order chi connectivity index (χ0) is 25.5. The van der Waals surface area contributed by atoms with E-state index in [4.69, 9.17) is 0 Å². The summed E-state index contributed by atoms with van der Waals surface area (Å²) >= 11 is 0. The molecule has 0 atom stereocenters. The molecule has 4 rings (SSSR count). The van der Waals surface area contributed by atoms with Gasteiger partial charge in [-0.25, -0.2) is 9.36 Å². The average Bonchev–Trinajstić information content (AvgIpc) is 2.80. The third kappa shape index (κ3) is 4.57. The number of para-hydroxylation sites is 1. The summed E-state index contributed by atoms with van der Waals surface area (Å²) in [4.78, 5) is 41.2. The summed E-state index contributed by atoms with van der Waals surface area (Å²) in [6.07, 6.45) is -4.82. The smallest absolute Gasteiger partial charge is 0.378 e. The molecule has 0 spiro atoms. The number of benzene rings is 2. The number of halogens is 3. The van der Waals surface area contributed by atoms with Crippen LogP contribution in [0.15, 0.2) is 75.0 Å². The van der Waals surface area contributed by atoms with Gasteiger partial charge in [-0.2, -0.15) is 13.2 Å². The van der Waals surface area contributed by atoms with Gasteiger partial charge in [-0.3, -0.25) is 18.7 Å². The Morgan fingerprint density at radius 1 is 0.943 bits per heavy atom. The molecule has 0 saturated carbocycles. The zero-order valence-electron chi connectivity index (χ0n) is 19.1. The van der Waals surface area contributed by atoms with E-state index >= 15 is 0 Å². The van der Waals surface area contributed by atoms with Gasteiger partial charge in [0.25, 0.3) is 11.1 Å². The lowest BCUT2D eigenvalue weighted by atomic mass is 10.2. The molecule has 2 aromatic carbocycles. The van der Waals surface area contributed by atoms with Gasteiger partial charge in [0.1, 0.15) is 17.6 Å². The van der Waals surface area contributed by atoms with E-state index in [1.54, 1.807) is 42.5 Å². The van der Waals surface area contributed by atoms with Gasteiger partial charge in [-0.1, -0.05) is 18.2 Å². The molecule has 182 valence electrons. The van der Waals surface area contributed by atoms with Crippen molar-refractivity contribution in [2.45, 2.75) is 12.7 Å². The summed E-state index contributed by atoms with van der Waals surface area (Å²) in [5.74, 6) is 0. The molecule has 0 saturated heterocycles. The monoisotopic (exact) mass is 485 g/mol. The first-order valence-corrected chi connectivity index (χ1v) is 10.5. The maximum atomic E-state index is 13.3. The van der Waals surface area contributed by atoms with E-state index in [0.29, 0.717) is 5.69 Å². The molecule has 0 amide bonds.